The summed E-state index contributed by atoms with van der Waals surface area (Å²) in [5.74, 6) is -1.25. The molecule has 1 amide bonds. The Bertz CT molecular complexity index is 1170. The number of nitrogens with one attached hydrogen (secondary N) is 3. The number of rotatable bonds is 9. The zero-order chi connectivity index (χ0) is 24.1. The normalized spacial score (nSPS) is 18.0. The van der Waals surface area contributed by atoms with Gasteiger partial charge in [0.25, 0.3) is 5.91 Å². The van der Waals surface area contributed by atoms with Crippen LogP contribution in [-0.2, 0) is 4.74 Å². The SMILES string of the molecule is COCCNc1cccc2cc(Nc3nc(N[C@@H]4CCCC[C@@H]4N)c(F)cc3C(N)=O)cnc12. The molecule has 1 aliphatic carbocycles. The molecule has 10 heteroatoms. The van der Waals surface area contributed by atoms with E-state index in [4.69, 9.17) is 16.2 Å². The van der Waals surface area contributed by atoms with Gasteiger partial charge in [0.1, 0.15) is 5.82 Å². The van der Waals surface area contributed by atoms with Crippen LogP contribution in [0.2, 0.25) is 0 Å². The number of nitrogens with zero attached hydrogens (tertiary/aromatic N) is 2. The highest BCUT2D eigenvalue weighted by molar-refractivity contribution is 5.99. The van der Waals surface area contributed by atoms with Crippen molar-refractivity contribution in [3.63, 3.8) is 0 Å². The molecule has 4 rings (SSSR count). The first kappa shape index (κ1) is 23.7. The first-order chi connectivity index (χ1) is 16.5. The predicted octanol–water partition coefficient (Wildman–Crippen LogP) is 3.35. The fourth-order valence-corrected chi connectivity index (χ4v) is 4.18. The molecule has 0 saturated heterocycles. The van der Waals surface area contributed by atoms with Gasteiger partial charge in [-0.15, -0.1) is 0 Å². The fourth-order valence-electron chi connectivity index (χ4n) is 4.18. The molecule has 0 aliphatic heterocycles. The number of para-hydroxylation sites is 1. The molecule has 1 saturated carbocycles. The van der Waals surface area contributed by atoms with Gasteiger partial charge < -0.3 is 32.2 Å². The summed E-state index contributed by atoms with van der Waals surface area (Å²) in [5, 5.41) is 10.4. The predicted molar refractivity (Wildman–Crippen MR) is 132 cm³/mol. The molecular formula is C24H30FN7O2. The number of anilines is 4. The lowest BCUT2D eigenvalue weighted by Crippen LogP contribution is -2.43. The monoisotopic (exact) mass is 467 g/mol. The zero-order valence-electron chi connectivity index (χ0n) is 19.1. The number of ether oxygens (including phenoxy) is 1. The quantitative estimate of drug-likeness (QED) is 0.302. The van der Waals surface area contributed by atoms with Gasteiger partial charge in [0, 0.05) is 31.1 Å². The Hall–Kier alpha value is -3.50. The molecule has 2 heterocycles. The minimum Gasteiger partial charge on any atom is -0.383 e. The summed E-state index contributed by atoms with van der Waals surface area (Å²) in [6.45, 7) is 1.23. The van der Waals surface area contributed by atoms with Crippen LogP contribution in [0.25, 0.3) is 10.9 Å². The smallest absolute Gasteiger partial charge is 0.252 e. The number of aromatic nitrogens is 2. The second-order valence-electron chi connectivity index (χ2n) is 8.42. The minimum absolute atomic E-state index is 0.0354. The summed E-state index contributed by atoms with van der Waals surface area (Å²) < 4.78 is 19.8. The second kappa shape index (κ2) is 10.6. The molecule has 0 radical (unpaired) electrons. The third kappa shape index (κ3) is 5.35. The van der Waals surface area contributed by atoms with Crippen LogP contribution < -0.4 is 27.4 Å². The summed E-state index contributed by atoms with van der Waals surface area (Å²) in [7, 11) is 1.65. The van der Waals surface area contributed by atoms with E-state index in [9.17, 15) is 9.18 Å². The first-order valence-electron chi connectivity index (χ1n) is 11.4. The van der Waals surface area contributed by atoms with E-state index in [0.717, 1.165) is 48.3 Å². The first-order valence-corrected chi connectivity index (χ1v) is 11.4. The standard InChI is InChI=1S/C24H30FN7O2/c1-34-10-9-28-20-8-4-5-14-11-15(13-29-21(14)20)30-23-16(22(27)33)12-17(25)24(32-23)31-19-7-3-2-6-18(19)26/h4-5,8,11-13,18-19,28H,2-3,6-7,9-10,26H2,1H3,(H2,27,33)(H2,30,31,32)/t18-,19+/m0/s1. The number of methoxy groups -OCH3 is 1. The van der Waals surface area contributed by atoms with Gasteiger partial charge in [-0.05, 0) is 31.0 Å². The molecular weight excluding hydrogens is 437 g/mol. The molecule has 0 unspecified atom stereocenters. The summed E-state index contributed by atoms with van der Waals surface area (Å²) in [5.41, 5.74) is 13.9. The fraction of sp³-hybridized carbons (Fsp3) is 0.375. The van der Waals surface area contributed by atoms with E-state index >= 15 is 0 Å². The zero-order valence-corrected chi connectivity index (χ0v) is 19.1. The van der Waals surface area contributed by atoms with Crippen molar-refractivity contribution in [2.24, 2.45) is 11.5 Å². The molecule has 0 bridgehead atoms. The molecule has 3 aromatic rings. The van der Waals surface area contributed by atoms with Crippen molar-refractivity contribution < 1.29 is 13.9 Å². The number of carbonyl (C=O) groups excluding carboxylic acids is 1. The third-order valence-electron chi connectivity index (χ3n) is 5.98. The lowest BCUT2D eigenvalue weighted by atomic mass is 9.91. The molecule has 1 aliphatic rings. The highest BCUT2D eigenvalue weighted by Gasteiger charge is 2.24. The van der Waals surface area contributed by atoms with Crippen LogP contribution in [0.15, 0.2) is 36.5 Å². The van der Waals surface area contributed by atoms with E-state index in [1.165, 1.54) is 0 Å². The van der Waals surface area contributed by atoms with Gasteiger partial charge in [0.2, 0.25) is 0 Å². The molecule has 0 spiro atoms. The number of hydrogen-bond donors (Lipinski definition) is 5. The van der Waals surface area contributed by atoms with Crippen LogP contribution in [0.1, 0.15) is 36.0 Å². The number of primary amides is 1. The number of benzene rings is 1. The van der Waals surface area contributed by atoms with Gasteiger partial charge in [-0.3, -0.25) is 9.78 Å². The number of pyridine rings is 2. The van der Waals surface area contributed by atoms with E-state index < -0.39 is 11.7 Å². The average Bonchev–Trinajstić information content (AvgIpc) is 2.82. The van der Waals surface area contributed by atoms with Gasteiger partial charge >= 0.3 is 0 Å². The lowest BCUT2D eigenvalue weighted by molar-refractivity contribution is 0.100. The number of halogens is 1. The number of carbonyl (C=O) groups is 1. The Morgan fingerprint density at radius 1 is 1.24 bits per heavy atom. The number of fused-ring (bicyclic) bond motifs is 1. The summed E-state index contributed by atoms with van der Waals surface area (Å²) in [4.78, 5) is 20.9. The highest BCUT2D eigenvalue weighted by atomic mass is 19.1. The number of nitrogens with two attached hydrogens (primary N) is 2. The summed E-state index contributed by atoms with van der Waals surface area (Å²) >= 11 is 0. The van der Waals surface area contributed by atoms with Crippen LogP contribution in [0.3, 0.4) is 0 Å². The van der Waals surface area contributed by atoms with E-state index in [1.54, 1.807) is 13.3 Å². The van der Waals surface area contributed by atoms with Gasteiger partial charge in [-0.25, -0.2) is 9.37 Å². The largest absolute Gasteiger partial charge is 0.383 e. The summed E-state index contributed by atoms with van der Waals surface area (Å²) in [6.07, 6.45) is 5.40. The van der Waals surface area contributed by atoms with Gasteiger partial charge in [0.15, 0.2) is 11.6 Å². The molecule has 180 valence electrons. The van der Waals surface area contributed by atoms with E-state index in [-0.39, 0.29) is 29.3 Å². The molecule has 34 heavy (non-hydrogen) atoms. The highest BCUT2D eigenvalue weighted by Crippen LogP contribution is 2.29. The van der Waals surface area contributed by atoms with Crippen molar-refractivity contribution in [2.75, 3.05) is 36.2 Å². The van der Waals surface area contributed by atoms with Crippen LogP contribution >= 0.6 is 0 Å². The Morgan fingerprint density at radius 2 is 2.06 bits per heavy atom. The van der Waals surface area contributed by atoms with Crippen molar-refractivity contribution in [3.05, 3.63) is 47.9 Å². The maximum Gasteiger partial charge on any atom is 0.252 e. The van der Waals surface area contributed by atoms with Crippen LogP contribution in [0.4, 0.5) is 27.4 Å². The maximum absolute atomic E-state index is 14.8. The maximum atomic E-state index is 14.8. The molecule has 2 atom stereocenters. The molecule has 1 fully saturated rings. The van der Waals surface area contributed by atoms with E-state index in [0.29, 0.717) is 18.8 Å². The van der Waals surface area contributed by atoms with E-state index in [1.807, 2.05) is 24.3 Å². The molecule has 2 aromatic heterocycles. The van der Waals surface area contributed by atoms with Crippen LogP contribution in [0, 0.1) is 5.82 Å². The summed E-state index contributed by atoms with van der Waals surface area (Å²) in [6, 6.07) is 8.60. The van der Waals surface area contributed by atoms with Crippen molar-refractivity contribution in [3.8, 4) is 0 Å². The van der Waals surface area contributed by atoms with Gasteiger partial charge in [0.05, 0.1) is 35.3 Å². The Morgan fingerprint density at radius 3 is 2.82 bits per heavy atom. The topological polar surface area (TPSA) is 140 Å². The lowest BCUT2D eigenvalue weighted by Gasteiger charge is -2.30. The molecule has 9 nitrogen and oxygen atoms in total. The van der Waals surface area contributed by atoms with Crippen molar-refractivity contribution in [1.29, 1.82) is 0 Å². The third-order valence-corrected chi connectivity index (χ3v) is 5.98. The molecule has 1 aromatic carbocycles. The second-order valence-corrected chi connectivity index (χ2v) is 8.42. The average molecular weight is 468 g/mol. The number of hydrogen-bond acceptors (Lipinski definition) is 8. The van der Waals surface area contributed by atoms with Crippen LogP contribution in [-0.4, -0.2) is 48.2 Å². The Balaban J connectivity index is 1.62. The van der Waals surface area contributed by atoms with Crippen LogP contribution in [0.5, 0.6) is 0 Å². The number of amides is 1. The minimum atomic E-state index is -0.784. The van der Waals surface area contributed by atoms with Gasteiger partial charge in [-0.1, -0.05) is 25.0 Å². The van der Waals surface area contributed by atoms with Crippen molar-refractivity contribution in [1.82, 2.24) is 9.97 Å². The Kier molecular flexibility index (Phi) is 7.39. The Labute approximate surface area is 197 Å². The van der Waals surface area contributed by atoms with Crippen molar-refractivity contribution in [2.45, 2.75) is 37.8 Å². The van der Waals surface area contributed by atoms with Crippen molar-refractivity contribution >= 4 is 39.8 Å². The van der Waals surface area contributed by atoms with Gasteiger partial charge in [-0.2, -0.15) is 0 Å². The molecule has 7 N–H and O–H groups in total. The van der Waals surface area contributed by atoms with E-state index in [2.05, 4.69) is 25.9 Å².